The molecular formula is C48H54O11. The molecule has 2 aliphatic rings. The molecule has 0 aliphatic carbocycles. The van der Waals surface area contributed by atoms with Crippen molar-refractivity contribution in [2.45, 2.75) is 94.4 Å². The number of hydrogen-bond donors (Lipinski definition) is 2. The highest BCUT2D eigenvalue weighted by molar-refractivity contribution is 5.17. The molecule has 5 aromatic rings. The van der Waals surface area contributed by atoms with Crippen molar-refractivity contribution in [1.82, 2.24) is 0 Å². The summed E-state index contributed by atoms with van der Waals surface area (Å²) in [6.07, 6.45) is -9.54. The number of aliphatic hydroxyl groups excluding tert-OH is 2. The summed E-state index contributed by atoms with van der Waals surface area (Å²) in [7, 11) is 1.57. The van der Waals surface area contributed by atoms with Gasteiger partial charge >= 0.3 is 0 Å². The molecule has 0 spiro atoms. The zero-order valence-corrected chi connectivity index (χ0v) is 33.2. The molecular weight excluding hydrogens is 753 g/mol. The van der Waals surface area contributed by atoms with Gasteiger partial charge in [-0.15, -0.1) is 0 Å². The van der Waals surface area contributed by atoms with Gasteiger partial charge in [-0.05, 0) is 27.8 Å². The number of rotatable bonds is 20. The number of benzene rings is 5. The first kappa shape index (κ1) is 42.8. The standard InChI is InChI=1S/C48H54O11/c1-51-47-46(56-32-38-25-15-6-16-26-38)44(54-30-36-21-11-4-12-22-36)42(40(58-47)33-52-28-34-17-7-2-8-18-34)59-48-45(55-31-37-23-13-5-14-24-37)43(41(50)39(27-49)57-48)53-29-35-19-9-3-10-20-35/h2-26,39-50H,27-33H2,1H3/t39-,40-,41-,42-,43+,44+,45-,46-,47-,48-/m1/s1. The van der Waals surface area contributed by atoms with Crippen LogP contribution in [0, 0.1) is 0 Å². The second-order valence-electron chi connectivity index (χ2n) is 14.6. The molecule has 5 aromatic carbocycles. The van der Waals surface area contributed by atoms with E-state index >= 15 is 0 Å². The SMILES string of the molecule is CO[C@@H]1O[C@H](COCc2ccccc2)[C@@H](O[C@H]2O[C@H](CO)[C@@H](O)[C@H](OCc3ccccc3)[C@H]2OCc2ccccc2)[C@H](OCc2ccccc2)[C@H]1OCc1ccccc1. The third-order valence-electron chi connectivity index (χ3n) is 10.4. The Balaban J connectivity index is 1.23. The van der Waals surface area contributed by atoms with Crippen molar-refractivity contribution in [1.29, 1.82) is 0 Å². The van der Waals surface area contributed by atoms with Crippen LogP contribution >= 0.6 is 0 Å². The van der Waals surface area contributed by atoms with Gasteiger partial charge < -0.3 is 52.8 Å². The normalized spacial score (nSPS) is 27.0. The molecule has 2 fully saturated rings. The van der Waals surface area contributed by atoms with Gasteiger partial charge in [0.05, 0.1) is 46.2 Å². The van der Waals surface area contributed by atoms with Crippen LogP contribution < -0.4 is 0 Å². The van der Waals surface area contributed by atoms with Crippen molar-refractivity contribution in [3.05, 3.63) is 179 Å². The van der Waals surface area contributed by atoms with E-state index in [2.05, 4.69) is 0 Å². The Morgan fingerprint density at radius 2 is 0.814 bits per heavy atom. The van der Waals surface area contributed by atoms with Crippen molar-refractivity contribution in [2.75, 3.05) is 20.3 Å². The molecule has 0 radical (unpaired) electrons. The summed E-state index contributed by atoms with van der Waals surface area (Å²) in [5.74, 6) is 0. The lowest BCUT2D eigenvalue weighted by Crippen LogP contribution is -2.66. The molecule has 312 valence electrons. The molecule has 2 saturated heterocycles. The average Bonchev–Trinajstić information content (AvgIpc) is 3.29. The van der Waals surface area contributed by atoms with Gasteiger partial charge in [0.15, 0.2) is 12.6 Å². The fourth-order valence-corrected chi connectivity index (χ4v) is 7.34. The summed E-state index contributed by atoms with van der Waals surface area (Å²) in [6.45, 7) is 0.747. The van der Waals surface area contributed by atoms with Crippen LogP contribution in [0.15, 0.2) is 152 Å². The van der Waals surface area contributed by atoms with E-state index in [1.54, 1.807) is 7.11 Å². The van der Waals surface area contributed by atoms with E-state index in [4.69, 9.17) is 42.6 Å². The van der Waals surface area contributed by atoms with Crippen LogP contribution in [0.3, 0.4) is 0 Å². The van der Waals surface area contributed by atoms with Crippen LogP contribution in [0.2, 0.25) is 0 Å². The molecule has 11 nitrogen and oxygen atoms in total. The summed E-state index contributed by atoms with van der Waals surface area (Å²) >= 11 is 0. The highest BCUT2D eigenvalue weighted by Gasteiger charge is 2.53. The fourth-order valence-electron chi connectivity index (χ4n) is 7.34. The average molecular weight is 807 g/mol. The van der Waals surface area contributed by atoms with Crippen molar-refractivity contribution < 1.29 is 52.8 Å². The largest absolute Gasteiger partial charge is 0.394 e. The minimum atomic E-state index is -1.25. The van der Waals surface area contributed by atoms with E-state index in [0.29, 0.717) is 6.61 Å². The molecule has 0 aromatic heterocycles. The summed E-state index contributed by atoms with van der Waals surface area (Å²) in [4.78, 5) is 0. The highest BCUT2D eigenvalue weighted by atomic mass is 16.8. The second-order valence-corrected chi connectivity index (χ2v) is 14.6. The van der Waals surface area contributed by atoms with Crippen molar-refractivity contribution >= 4 is 0 Å². The van der Waals surface area contributed by atoms with E-state index in [-0.39, 0.29) is 33.0 Å². The van der Waals surface area contributed by atoms with E-state index in [1.165, 1.54) is 0 Å². The van der Waals surface area contributed by atoms with Gasteiger partial charge in [-0.25, -0.2) is 0 Å². The Morgan fingerprint density at radius 3 is 1.24 bits per heavy atom. The zero-order valence-electron chi connectivity index (χ0n) is 33.2. The number of aliphatic hydroxyl groups is 2. The van der Waals surface area contributed by atoms with Gasteiger partial charge in [-0.2, -0.15) is 0 Å². The molecule has 0 unspecified atom stereocenters. The molecule has 2 heterocycles. The Kier molecular flexibility index (Phi) is 16.2. The Bertz CT molecular complexity index is 1890. The molecule has 10 atom stereocenters. The van der Waals surface area contributed by atoms with Gasteiger partial charge in [-0.1, -0.05) is 152 Å². The maximum Gasteiger partial charge on any atom is 0.187 e. The third-order valence-corrected chi connectivity index (χ3v) is 10.4. The summed E-state index contributed by atoms with van der Waals surface area (Å²) in [5, 5.41) is 22.2. The molecule has 0 saturated carbocycles. The van der Waals surface area contributed by atoms with Crippen LogP contribution in [0.1, 0.15) is 27.8 Å². The van der Waals surface area contributed by atoms with Crippen molar-refractivity contribution in [3.8, 4) is 0 Å². The third kappa shape index (κ3) is 11.9. The van der Waals surface area contributed by atoms with E-state index in [9.17, 15) is 10.2 Å². The predicted molar refractivity (Wildman–Crippen MR) is 218 cm³/mol. The molecule has 2 N–H and O–H groups in total. The molecule has 11 heteroatoms. The molecule has 0 bridgehead atoms. The van der Waals surface area contributed by atoms with Crippen LogP contribution in [0.25, 0.3) is 0 Å². The lowest BCUT2D eigenvalue weighted by molar-refractivity contribution is -0.373. The van der Waals surface area contributed by atoms with E-state index in [1.807, 2.05) is 152 Å². The zero-order chi connectivity index (χ0) is 40.7. The van der Waals surface area contributed by atoms with Crippen molar-refractivity contribution in [3.63, 3.8) is 0 Å². The molecule has 0 amide bonds. The molecule has 2 aliphatic heterocycles. The Morgan fingerprint density at radius 1 is 0.441 bits per heavy atom. The topological polar surface area (TPSA) is 124 Å². The summed E-state index contributed by atoms with van der Waals surface area (Å²) < 4.78 is 59.0. The minimum absolute atomic E-state index is 0.0955. The second kappa shape index (κ2) is 22.3. The van der Waals surface area contributed by atoms with E-state index in [0.717, 1.165) is 27.8 Å². The van der Waals surface area contributed by atoms with Crippen LogP contribution in [0.4, 0.5) is 0 Å². The lowest BCUT2D eigenvalue weighted by atomic mass is 9.96. The molecule has 59 heavy (non-hydrogen) atoms. The first-order chi connectivity index (χ1) is 29.1. The summed E-state index contributed by atoms with van der Waals surface area (Å²) in [6, 6.07) is 48.9. The highest BCUT2D eigenvalue weighted by Crippen LogP contribution is 2.35. The van der Waals surface area contributed by atoms with Crippen LogP contribution in [0.5, 0.6) is 0 Å². The van der Waals surface area contributed by atoms with Gasteiger partial charge in [-0.3, -0.25) is 0 Å². The lowest BCUT2D eigenvalue weighted by Gasteiger charge is -2.49. The number of methoxy groups -OCH3 is 1. The first-order valence-corrected chi connectivity index (χ1v) is 20.1. The Hall–Kier alpha value is -4.34. The minimum Gasteiger partial charge on any atom is -0.394 e. The quantitative estimate of drug-likeness (QED) is 0.0912. The van der Waals surface area contributed by atoms with Gasteiger partial charge in [0.2, 0.25) is 0 Å². The number of ether oxygens (including phenoxy) is 9. The number of hydrogen-bond acceptors (Lipinski definition) is 11. The van der Waals surface area contributed by atoms with Gasteiger partial charge in [0.25, 0.3) is 0 Å². The summed E-state index contributed by atoms with van der Waals surface area (Å²) in [5.41, 5.74) is 4.70. The molecule has 7 rings (SSSR count). The fraction of sp³-hybridized carbons (Fsp3) is 0.375. The first-order valence-electron chi connectivity index (χ1n) is 20.1. The van der Waals surface area contributed by atoms with Crippen molar-refractivity contribution in [2.24, 2.45) is 0 Å². The smallest absolute Gasteiger partial charge is 0.187 e. The maximum absolute atomic E-state index is 11.7. The maximum atomic E-state index is 11.7. The monoisotopic (exact) mass is 806 g/mol. The van der Waals surface area contributed by atoms with Crippen LogP contribution in [-0.4, -0.2) is 91.9 Å². The van der Waals surface area contributed by atoms with Gasteiger partial charge in [0.1, 0.15) is 48.8 Å². The van der Waals surface area contributed by atoms with E-state index < -0.39 is 68.0 Å². The predicted octanol–water partition coefficient (Wildman–Crippen LogP) is 6.38. The van der Waals surface area contributed by atoms with Gasteiger partial charge in [0, 0.05) is 7.11 Å². The Labute approximate surface area is 346 Å². The van der Waals surface area contributed by atoms with Crippen LogP contribution in [-0.2, 0) is 75.7 Å².